The molecule has 1 atom stereocenters. The van der Waals surface area contributed by atoms with Gasteiger partial charge in [-0.3, -0.25) is 4.79 Å². The molecule has 6 heteroatoms. The third kappa shape index (κ3) is 3.10. The zero-order valence-corrected chi connectivity index (χ0v) is 12.0. The quantitative estimate of drug-likeness (QED) is 0.920. The highest BCUT2D eigenvalue weighted by Gasteiger charge is 2.45. The lowest BCUT2D eigenvalue weighted by atomic mass is 9.79. The van der Waals surface area contributed by atoms with Gasteiger partial charge in [0, 0.05) is 24.6 Å². The van der Waals surface area contributed by atoms with E-state index < -0.39 is 12.0 Å². The Hall–Kier alpha value is -1.98. The van der Waals surface area contributed by atoms with Crippen molar-refractivity contribution in [1.29, 1.82) is 0 Å². The van der Waals surface area contributed by atoms with Crippen molar-refractivity contribution in [3.63, 3.8) is 0 Å². The lowest BCUT2D eigenvalue weighted by molar-refractivity contribution is -0.134. The highest BCUT2D eigenvalue weighted by molar-refractivity contribution is 5.79. The first kappa shape index (κ1) is 14.9. The number of benzene rings is 1. The van der Waals surface area contributed by atoms with Crippen LogP contribution in [0, 0.1) is 11.7 Å². The van der Waals surface area contributed by atoms with Gasteiger partial charge < -0.3 is 9.73 Å². The number of carbonyl (C=O) groups excluding carboxylic acids is 1. The summed E-state index contributed by atoms with van der Waals surface area (Å²) in [5, 5.41) is 3.35. The van der Waals surface area contributed by atoms with Gasteiger partial charge in [0.1, 0.15) is 17.2 Å². The van der Waals surface area contributed by atoms with Crippen molar-refractivity contribution in [2.24, 2.45) is 5.92 Å². The Balaban J connectivity index is 1.60. The second kappa shape index (κ2) is 5.34. The second-order valence-corrected chi connectivity index (χ2v) is 5.95. The number of hydrogen-bond acceptors (Lipinski definition) is 2. The SMILES string of the molecule is CC(NC(=O)CC1CC(F)(F)C1)c1cc2cc(F)ccc2o1. The van der Waals surface area contributed by atoms with Crippen molar-refractivity contribution >= 4 is 16.9 Å². The number of halogens is 3. The largest absolute Gasteiger partial charge is 0.459 e. The van der Waals surface area contributed by atoms with E-state index in [-0.39, 0.29) is 36.9 Å². The molecule has 1 fully saturated rings. The molecule has 0 radical (unpaired) electrons. The van der Waals surface area contributed by atoms with Crippen molar-refractivity contribution in [3.05, 3.63) is 35.8 Å². The van der Waals surface area contributed by atoms with Gasteiger partial charge in [0.25, 0.3) is 0 Å². The Morgan fingerprint density at radius 2 is 2.14 bits per heavy atom. The fraction of sp³-hybridized carbons (Fsp3) is 0.438. The van der Waals surface area contributed by atoms with Gasteiger partial charge in [-0.25, -0.2) is 13.2 Å². The lowest BCUT2D eigenvalue weighted by Gasteiger charge is -2.34. The van der Waals surface area contributed by atoms with Crippen molar-refractivity contribution in [2.75, 3.05) is 0 Å². The molecule has 0 bridgehead atoms. The van der Waals surface area contributed by atoms with Crippen LogP contribution in [0.4, 0.5) is 13.2 Å². The predicted octanol–water partition coefficient (Wildman–Crippen LogP) is 4.18. The number of fused-ring (bicyclic) bond motifs is 1. The minimum Gasteiger partial charge on any atom is -0.459 e. The summed E-state index contributed by atoms with van der Waals surface area (Å²) in [7, 11) is 0. The molecule has 0 aliphatic heterocycles. The Morgan fingerprint density at radius 1 is 1.41 bits per heavy atom. The van der Waals surface area contributed by atoms with Crippen LogP contribution in [0.3, 0.4) is 0 Å². The first-order chi connectivity index (χ1) is 10.3. The molecule has 1 amide bonds. The fourth-order valence-electron chi connectivity index (χ4n) is 2.81. The molecule has 1 N–H and O–H groups in total. The van der Waals surface area contributed by atoms with Crippen LogP contribution in [0.25, 0.3) is 11.0 Å². The van der Waals surface area contributed by atoms with Gasteiger partial charge >= 0.3 is 0 Å². The summed E-state index contributed by atoms with van der Waals surface area (Å²) in [5.74, 6) is -3.00. The Bertz CT molecular complexity index is 702. The number of furan rings is 1. The number of amides is 1. The smallest absolute Gasteiger partial charge is 0.248 e. The van der Waals surface area contributed by atoms with E-state index in [1.807, 2.05) is 0 Å². The van der Waals surface area contributed by atoms with Gasteiger partial charge in [0.2, 0.25) is 11.8 Å². The average molecular weight is 311 g/mol. The monoisotopic (exact) mass is 311 g/mol. The summed E-state index contributed by atoms with van der Waals surface area (Å²) in [5.41, 5.74) is 0.538. The van der Waals surface area contributed by atoms with E-state index in [9.17, 15) is 18.0 Å². The van der Waals surface area contributed by atoms with Crippen molar-refractivity contribution in [1.82, 2.24) is 5.32 Å². The Kier molecular flexibility index (Phi) is 3.62. The normalized spacial score (nSPS) is 18.9. The minimum atomic E-state index is -2.61. The number of hydrogen-bond donors (Lipinski definition) is 1. The van der Waals surface area contributed by atoms with Crippen molar-refractivity contribution in [2.45, 2.75) is 38.2 Å². The first-order valence-corrected chi connectivity index (χ1v) is 7.18. The second-order valence-electron chi connectivity index (χ2n) is 5.95. The molecular weight excluding hydrogens is 295 g/mol. The Labute approximate surface area is 125 Å². The fourth-order valence-corrected chi connectivity index (χ4v) is 2.81. The van der Waals surface area contributed by atoms with E-state index in [1.54, 1.807) is 13.0 Å². The molecule has 3 nitrogen and oxygen atoms in total. The molecule has 1 aromatic heterocycles. The lowest BCUT2D eigenvalue weighted by Crippen LogP contribution is -2.39. The van der Waals surface area contributed by atoms with Crippen LogP contribution in [0.5, 0.6) is 0 Å². The van der Waals surface area contributed by atoms with Crippen LogP contribution in [-0.4, -0.2) is 11.8 Å². The van der Waals surface area contributed by atoms with E-state index in [4.69, 9.17) is 4.42 Å². The third-order valence-corrected chi connectivity index (χ3v) is 3.95. The summed E-state index contributed by atoms with van der Waals surface area (Å²) in [6, 6.07) is 5.45. The predicted molar refractivity (Wildman–Crippen MR) is 75.0 cm³/mol. The van der Waals surface area contributed by atoms with Crippen LogP contribution in [-0.2, 0) is 4.79 Å². The van der Waals surface area contributed by atoms with Crippen LogP contribution in [0.1, 0.15) is 38.0 Å². The van der Waals surface area contributed by atoms with Gasteiger partial charge in [-0.15, -0.1) is 0 Å². The summed E-state index contributed by atoms with van der Waals surface area (Å²) in [6.45, 7) is 1.74. The molecule has 3 rings (SSSR count). The zero-order chi connectivity index (χ0) is 15.9. The summed E-state index contributed by atoms with van der Waals surface area (Å²) in [4.78, 5) is 11.9. The highest BCUT2D eigenvalue weighted by Crippen LogP contribution is 2.44. The van der Waals surface area contributed by atoms with E-state index in [0.29, 0.717) is 16.7 Å². The number of carbonyl (C=O) groups is 1. The maximum absolute atomic E-state index is 13.1. The zero-order valence-electron chi connectivity index (χ0n) is 12.0. The topological polar surface area (TPSA) is 42.2 Å². The number of nitrogens with one attached hydrogen (secondary N) is 1. The van der Waals surface area contributed by atoms with E-state index in [1.165, 1.54) is 18.2 Å². The molecule has 0 spiro atoms. The molecule has 0 saturated heterocycles. The van der Waals surface area contributed by atoms with E-state index >= 15 is 0 Å². The summed E-state index contributed by atoms with van der Waals surface area (Å²) >= 11 is 0. The molecule has 1 aliphatic carbocycles. The van der Waals surface area contributed by atoms with Crippen LogP contribution < -0.4 is 5.32 Å². The maximum atomic E-state index is 13.1. The van der Waals surface area contributed by atoms with Gasteiger partial charge in [0.05, 0.1) is 6.04 Å². The standard InChI is InChI=1S/C16H16F3NO2/c1-9(20-15(21)4-10-7-16(18,19)8-10)14-6-11-5-12(17)2-3-13(11)22-14/h2-3,5-6,9-10H,4,7-8H2,1H3,(H,20,21). The van der Waals surface area contributed by atoms with Gasteiger partial charge in [-0.1, -0.05) is 0 Å². The van der Waals surface area contributed by atoms with Gasteiger partial charge in [0.15, 0.2) is 0 Å². The van der Waals surface area contributed by atoms with E-state index in [0.717, 1.165) is 0 Å². The molecule has 1 saturated carbocycles. The van der Waals surface area contributed by atoms with Crippen molar-refractivity contribution < 1.29 is 22.4 Å². The van der Waals surface area contributed by atoms with Crippen LogP contribution >= 0.6 is 0 Å². The number of rotatable bonds is 4. The minimum absolute atomic E-state index is 0.0921. The number of alkyl halides is 2. The Morgan fingerprint density at radius 3 is 2.82 bits per heavy atom. The molecular formula is C16H16F3NO2. The molecule has 1 aliphatic rings. The molecule has 2 aromatic rings. The molecule has 1 aromatic carbocycles. The average Bonchev–Trinajstić information content (AvgIpc) is 2.79. The molecule has 22 heavy (non-hydrogen) atoms. The van der Waals surface area contributed by atoms with Gasteiger partial charge in [-0.2, -0.15) is 0 Å². The van der Waals surface area contributed by atoms with E-state index in [2.05, 4.69) is 5.32 Å². The van der Waals surface area contributed by atoms with Crippen molar-refractivity contribution in [3.8, 4) is 0 Å². The molecule has 1 unspecified atom stereocenters. The molecule has 1 heterocycles. The highest BCUT2D eigenvalue weighted by atomic mass is 19.3. The molecule has 118 valence electrons. The summed E-state index contributed by atoms with van der Waals surface area (Å²) < 4.78 is 44.2. The van der Waals surface area contributed by atoms with Crippen LogP contribution in [0.2, 0.25) is 0 Å². The van der Waals surface area contributed by atoms with Crippen LogP contribution in [0.15, 0.2) is 28.7 Å². The summed E-state index contributed by atoms with van der Waals surface area (Å²) in [6.07, 6.45) is -0.355. The van der Waals surface area contributed by atoms with Gasteiger partial charge in [-0.05, 0) is 37.1 Å². The third-order valence-electron chi connectivity index (χ3n) is 3.95. The maximum Gasteiger partial charge on any atom is 0.248 e. The first-order valence-electron chi connectivity index (χ1n) is 7.18.